The highest BCUT2D eigenvalue weighted by Crippen LogP contribution is 2.46. The van der Waals surface area contributed by atoms with Gasteiger partial charge in [0.05, 0.1) is 12.8 Å². The van der Waals surface area contributed by atoms with Crippen LogP contribution >= 0.6 is 0 Å². The third-order valence-corrected chi connectivity index (χ3v) is 4.01. The number of hydrogen-bond acceptors (Lipinski definition) is 4. The lowest BCUT2D eigenvalue weighted by Gasteiger charge is -2.13. The van der Waals surface area contributed by atoms with Crippen LogP contribution in [-0.4, -0.2) is 24.0 Å². The van der Waals surface area contributed by atoms with Crippen molar-refractivity contribution < 1.29 is 13.9 Å². The summed E-state index contributed by atoms with van der Waals surface area (Å²) in [5, 5.41) is 14.3. The van der Waals surface area contributed by atoms with Crippen molar-refractivity contribution in [2.75, 3.05) is 13.1 Å². The minimum absolute atomic E-state index is 0.238. The molecule has 2 aliphatic rings. The number of nitrogens with zero attached hydrogens (tertiary/aromatic N) is 1. The third-order valence-electron chi connectivity index (χ3n) is 4.01. The van der Waals surface area contributed by atoms with Crippen molar-refractivity contribution in [2.24, 2.45) is 4.99 Å². The number of halogens is 1. The summed E-state index contributed by atoms with van der Waals surface area (Å²) in [6.07, 6.45) is 2.97. The zero-order valence-corrected chi connectivity index (χ0v) is 10.9. The van der Waals surface area contributed by atoms with Gasteiger partial charge in [0, 0.05) is 17.5 Å². The lowest BCUT2D eigenvalue weighted by Crippen LogP contribution is -2.25. The van der Waals surface area contributed by atoms with Crippen LogP contribution in [0.25, 0.3) is 11.0 Å². The number of furan rings is 1. The van der Waals surface area contributed by atoms with Crippen molar-refractivity contribution in [1.82, 2.24) is 5.32 Å². The minimum Gasteiger partial charge on any atom is -0.461 e. The Balaban J connectivity index is 1.89. The molecule has 1 unspecified atom stereocenters. The van der Waals surface area contributed by atoms with Crippen LogP contribution in [0.1, 0.15) is 36.0 Å². The molecule has 1 aromatic carbocycles. The van der Waals surface area contributed by atoms with Crippen molar-refractivity contribution >= 4 is 16.8 Å². The van der Waals surface area contributed by atoms with Gasteiger partial charge in [0.1, 0.15) is 11.9 Å². The summed E-state index contributed by atoms with van der Waals surface area (Å²) in [5.41, 5.74) is 1.92. The van der Waals surface area contributed by atoms with Crippen molar-refractivity contribution in [2.45, 2.75) is 24.9 Å². The lowest BCUT2D eigenvalue weighted by molar-refractivity contribution is 0.245. The zero-order chi connectivity index (χ0) is 13.7. The van der Waals surface area contributed by atoms with E-state index in [1.807, 2.05) is 0 Å². The molecule has 104 valence electrons. The molecular weight excluding hydrogens is 259 g/mol. The molecule has 0 amide bonds. The molecule has 5 heteroatoms. The summed E-state index contributed by atoms with van der Waals surface area (Å²) in [4.78, 5) is 4.25. The van der Waals surface area contributed by atoms with E-state index >= 15 is 0 Å². The summed E-state index contributed by atoms with van der Waals surface area (Å²) in [7, 11) is 0. The normalized spacial score (nSPS) is 20.0. The Morgan fingerprint density at radius 2 is 2.25 bits per heavy atom. The average molecular weight is 274 g/mol. The van der Waals surface area contributed by atoms with E-state index in [1.165, 1.54) is 6.07 Å². The third kappa shape index (κ3) is 1.73. The average Bonchev–Trinajstić information content (AvgIpc) is 2.99. The van der Waals surface area contributed by atoms with E-state index in [2.05, 4.69) is 10.3 Å². The van der Waals surface area contributed by atoms with Gasteiger partial charge in [-0.1, -0.05) is 6.07 Å². The van der Waals surface area contributed by atoms with Crippen LogP contribution < -0.4 is 5.32 Å². The number of aliphatic hydroxyl groups is 1. The molecule has 1 saturated carbocycles. The highest BCUT2D eigenvalue weighted by Gasteiger charge is 2.31. The summed E-state index contributed by atoms with van der Waals surface area (Å²) in [5.74, 6) is 0.604. The monoisotopic (exact) mass is 274 g/mol. The quantitative estimate of drug-likeness (QED) is 0.904. The van der Waals surface area contributed by atoms with E-state index in [1.54, 1.807) is 12.3 Å². The second kappa shape index (κ2) is 4.31. The Hall–Kier alpha value is -1.88. The predicted molar refractivity (Wildman–Crippen MR) is 73.4 cm³/mol. The maximum absolute atomic E-state index is 13.9. The van der Waals surface area contributed by atoms with E-state index in [-0.39, 0.29) is 11.4 Å². The van der Waals surface area contributed by atoms with E-state index in [0.717, 1.165) is 30.3 Å². The van der Waals surface area contributed by atoms with Crippen LogP contribution in [0.3, 0.4) is 0 Å². The molecule has 0 bridgehead atoms. The number of rotatable bonds is 3. The van der Waals surface area contributed by atoms with Gasteiger partial charge in [-0.2, -0.15) is 0 Å². The topological polar surface area (TPSA) is 57.8 Å². The van der Waals surface area contributed by atoms with E-state index in [4.69, 9.17) is 4.42 Å². The fourth-order valence-electron chi connectivity index (χ4n) is 2.84. The standard InChI is InChI=1S/C15H15FN2O2/c16-11-4-3-9(13(19)15-17-5-6-18-15)12-10(8-1-2-8)7-20-14(11)12/h3-4,7-8,13,19H,1-2,5-6H2,(H,17,18). The maximum atomic E-state index is 13.9. The first-order valence-corrected chi connectivity index (χ1v) is 6.91. The van der Waals surface area contributed by atoms with E-state index in [9.17, 15) is 9.50 Å². The van der Waals surface area contributed by atoms with Gasteiger partial charge in [-0.25, -0.2) is 4.39 Å². The fourth-order valence-corrected chi connectivity index (χ4v) is 2.84. The van der Waals surface area contributed by atoms with E-state index < -0.39 is 6.10 Å². The molecule has 20 heavy (non-hydrogen) atoms. The number of hydrogen-bond donors (Lipinski definition) is 2. The molecule has 0 spiro atoms. The van der Waals surface area contributed by atoms with Crippen LogP contribution in [0, 0.1) is 5.82 Å². The molecule has 2 aromatic rings. The summed E-state index contributed by atoms with van der Waals surface area (Å²) in [6, 6.07) is 2.98. The Morgan fingerprint density at radius 1 is 1.40 bits per heavy atom. The van der Waals surface area contributed by atoms with Crippen LogP contribution in [-0.2, 0) is 0 Å². The molecule has 2 heterocycles. The molecule has 0 saturated heterocycles. The predicted octanol–water partition coefficient (Wildman–Crippen LogP) is 2.48. The number of benzene rings is 1. The number of nitrogens with one attached hydrogen (secondary N) is 1. The molecule has 1 aliphatic heterocycles. The van der Waals surface area contributed by atoms with Gasteiger partial charge < -0.3 is 14.8 Å². The highest BCUT2D eigenvalue weighted by molar-refractivity contribution is 5.95. The fraction of sp³-hybridized carbons (Fsp3) is 0.400. The van der Waals surface area contributed by atoms with Crippen LogP contribution in [0.15, 0.2) is 27.8 Å². The van der Waals surface area contributed by atoms with Gasteiger partial charge in [-0.3, -0.25) is 4.99 Å². The first kappa shape index (κ1) is 11.9. The van der Waals surface area contributed by atoms with Gasteiger partial charge in [0.15, 0.2) is 11.4 Å². The number of fused-ring (bicyclic) bond motifs is 1. The SMILES string of the molecule is OC(C1=NCCN1)c1ccc(F)c2occ(C3CC3)c12. The van der Waals surface area contributed by atoms with Gasteiger partial charge in [0.25, 0.3) is 0 Å². The van der Waals surface area contributed by atoms with Crippen LogP contribution in [0.4, 0.5) is 4.39 Å². The van der Waals surface area contributed by atoms with Gasteiger partial charge in [-0.05, 0) is 30.4 Å². The Labute approximate surface area is 115 Å². The van der Waals surface area contributed by atoms with Gasteiger partial charge in [0.2, 0.25) is 0 Å². The highest BCUT2D eigenvalue weighted by atomic mass is 19.1. The Kier molecular flexibility index (Phi) is 2.57. The second-order valence-electron chi connectivity index (χ2n) is 5.40. The summed E-state index contributed by atoms with van der Waals surface area (Å²) in [6.45, 7) is 1.40. The van der Waals surface area contributed by atoms with Crippen molar-refractivity contribution in [3.8, 4) is 0 Å². The van der Waals surface area contributed by atoms with Gasteiger partial charge in [-0.15, -0.1) is 0 Å². The summed E-state index contributed by atoms with van der Waals surface area (Å²) >= 11 is 0. The molecule has 1 atom stereocenters. The summed E-state index contributed by atoms with van der Waals surface area (Å²) < 4.78 is 19.3. The Bertz CT molecular complexity index is 703. The molecule has 2 N–H and O–H groups in total. The smallest absolute Gasteiger partial charge is 0.170 e. The number of aliphatic hydroxyl groups excluding tert-OH is 1. The van der Waals surface area contributed by atoms with Gasteiger partial charge >= 0.3 is 0 Å². The zero-order valence-electron chi connectivity index (χ0n) is 10.9. The molecule has 0 radical (unpaired) electrons. The molecule has 1 aromatic heterocycles. The molecule has 4 nitrogen and oxygen atoms in total. The maximum Gasteiger partial charge on any atom is 0.170 e. The van der Waals surface area contributed by atoms with Crippen molar-refractivity contribution in [3.05, 3.63) is 35.3 Å². The Morgan fingerprint density at radius 3 is 2.95 bits per heavy atom. The second-order valence-corrected chi connectivity index (χ2v) is 5.40. The first-order valence-electron chi connectivity index (χ1n) is 6.91. The number of amidine groups is 1. The molecule has 1 fully saturated rings. The van der Waals surface area contributed by atoms with Crippen LogP contribution in [0.5, 0.6) is 0 Å². The van der Waals surface area contributed by atoms with Crippen molar-refractivity contribution in [1.29, 1.82) is 0 Å². The van der Waals surface area contributed by atoms with Crippen LogP contribution in [0.2, 0.25) is 0 Å². The molecule has 1 aliphatic carbocycles. The number of aliphatic imine (C=N–C) groups is 1. The first-order chi connectivity index (χ1) is 9.75. The van der Waals surface area contributed by atoms with Crippen molar-refractivity contribution in [3.63, 3.8) is 0 Å². The molecular formula is C15H15FN2O2. The largest absolute Gasteiger partial charge is 0.461 e. The lowest BCUT2D eigenvalue weighted by atomic mass is 9.98. The minimum atomic E-state index is -0.851. The molecule has 4 rings (SSSR count). The van der Waals surface area contributed by atoms with E-state index in [0.29, 0.717) is 23.9 Å².